The zero-order valence-corrected chi connectivity index (χ0v) is 18.2. The molecule has 0 aliphatic heterocycles. The Hall–Kier alpha value is -2.58. The molecule has 0 heterocycles. The summed E-state index contributed by atoms with van der Waals surface area (Å²) in [4.78, 5) is 2.95. The number of ether oxygens (including phenoxy) is 1. The predicted molar refractivity (Wildman–Crippen MR) is 116 cm³/mol. The van der Waals surface area contributed by atoms with E-state index in [0.29, 0.717) is 12.2 Å². The molecule has 0 unspecified atom stereocenters. The van der Waals surface area contributed by atoms with E-state index in [9.17, 15) is 13.5 Å². The van der Waals surface area contributed by atoms with Crippen LogP contribution in [-0.2, 0) is 16.4 Å². The van der Waals surface area contributed by atoms with Crippen molar-refractivity contribution in [3.63, 3.8) is 0 Å². The lowest BCUT2D eigenvalue weighted by atomic mass is 10.0. The fourth-order valence-corrected chi connectivity index (χ4v) is 4.70. The molecular formula is C21H28N4O4S. The first-order valence-electron chi connectivity index (χ1n) is 9.68. The van der Waals surface area contributed by atoms with Crippen LogP contribution in [-0.4, -0.2) is 50.2 Å². The Morgan fingerprint density at radius 3 is 2.27 bits per heavy atom. The number of rotatable bonds is 11. The van der Waals surface area contributed by atoms with Gasteiger partial charge in [-0.1, -0.05) is 49.3 Å². The molecule has 2 rings (SSSR count). The summed E-state index contributed by atoms with van der Waals surface area (Å²) >= 11 is 0. The first kappa shape index (κ1) is 23.7. The summed E-state index contributed by atoms with van der Waals surface area (Å²) in [5.74, 6) is 0.591. The number of hydrogen-bond acceptors (Lipinski definition) is 5. The van der Waals surface area contributed by atoms with Crippen LogP contribution in [0.5, 0.6) is 5.75 Å². The highest BCUT2D eigenvalue weighted by molar-refractivity contribution is 7.89. The van der Waals surface area contributed by atoms with Gasteiger partial charge in [-0.05, 0) is 47.7 Å². The van der Waals surface area contributed by atoms with Crippen molar-refractivity contribution in [2.24, 2.45) is 11.0 Å². The fraction of sp³-hybridized carbons (Fsp3) is 0.429. The van der Waals surface area contributed by atoms with E-state index in [0.717, 1.165) is 5.56 Å². The van der Waals surface area contributed by atoms with Crippen molar-refractivity contribution in [3.8, 4) is 5.75 Å². The third-order valence-electron chi connectivity index (χ3n) is 4.59. The Balaban J connectivity index is 2.27. The van der Waals surface area contributed by atoms with Crippen LogP contribution >= 0.6 is 0 Å². The molecular weight excluding hydrogens is 404 g/mol. The molecule has 0 aliphatic rings. The lowest BCUT2D eigenvalue weighted by molar-refractivity contribution is 0.116. The molecule has 8 nitrogen and oxygen atoms in total. The van der Waals surface area contributed by atoms with Gasteiger partial charge in [0, 0.05) is 18.0 Å². The SMILES string of the molecule is COc1ccc(S(=O)(=O)N(CC(C)C)C[C@@H](O)[C@H](Cc2ccccc2)N=[N+]=[N-])cc1. The summed E-state index contributed by atoms with van der Waals surface area (Å²) < 4.78 is 32.8. The molecule has 0 bridgehead atoms. The molecule has 9 heteroatoms. The zero-order chi connectivity index (χ0) is 22.1. The first-order chi connectivity index (χ1) is 14.3. The summed E-state index contributed by atoms with van der Waals surface area (Å²) in [7, 11) is -2.35. The molecule has 30 heavy (non-hydrogen) atoms. The maximum atomic E-state index is 13.2. The second kappa shape index (κ2) is 11.0. The van der Waals surface area contributed by atoms with Crippen LogP contribution in [0.25, 0.3) is 10.4 Å². The first-order valence-corrected chi connectivity index (χ1v) is 11.1. The molecule has 0 radical (unpaired) electrons. The molecule has 0 fully saturated rings. The largest absolute Gasteiger partial charge is 0.497 e. The van der Waals surface area contributed by atoms with Crippen LogP contribution in [0.15, 0.2) is 64.6 Å². The van der Waals surface area contributed by atoms with E-state index >= 15 is 0 Å². The van der Waals surface area contributed by atoms with Crippen LogP contribution in [0.3, 0.4) is 0 Å². The summed E-state index contributed by atoms with van der Waals surface area (Å²) in [6, 6.07) is 14.6. The molecule has 0 aromatic heterocycles. The van der Waals surface area contributed by atoms with Gasteiger partial charge >= 0.3 is 0 Å². The van der Waals surface area contributed by atoms with Gasteiger partial charge in [0.1, 0.15) is 5.75 Å². The van der Waals surface area contributed by atoms with Gasteiger partial charge in [-0.2, -0.15) is 4.31 Å². The van der Waals surface area contributed by atoms with Crippen molar-refractivity contribution >= 4 is 10.0 Å². The minimum Gasteiger partial charge on any atom is -0.497 e. The van der Waals surface area contributed by atoms with Crippen LogP contribution in [0, 0.1) is 5.92 Å². The summed E-state index contributed by atoms with van der Waals surface area (Å²) in [6.45, 7) is 3.85. The van der Waals surface area contributed by atoms with Crippen molar-refractivity contribution in [3.05, 3.63) is 70.6 Å². The van der Waals surface area contributed by atoms with E-state index < -0.39 is 22.2 Å². The Labute approximate surface area is 177 Å². The van der Waals surface area contributed by atoms with E-state index in [2.05, 4.69) is 10.0 Å². The molecule has 2 aromatic carbocycles. The fourth-order valence-electron chi connectivity index (χ4n) is 3.08. The van der Waals surface area contributed by atoms with Crippen molar-refractivity contribution in [2.45, 2.75) is 37.3 Å². The van der Waals surface area contributed by atoms with E-state index in [1.165, 1.54) is 23.5 Å². The quantitative estimate of drug-likeness (QED) is 0.331. The number of aliphatic hydroxyl groups is 1. The maximum absolute atomic E-state index is 13.2. The molecule has 2 aromatic rings. The average molecular weight is 433 g/mol. The molecule has 1 N–H and O–H groups in total. The highest BCUT2D eigenvalue weighted by atomic mass is 32.2. The smallest absolute Gasteiger partial charge is 0.243 e. The van der Waals surface area contributed by atoms with Crippen molar-refractivity contribution in [1.82, 2.24) is 4.31 Å². The summed E-state index contributed by atoms with van der Waals surface area (Å²) in [5, 5.41) is 14.5. The Bertz CT molecular complexity index is 943. The minimum absolute atomic E-state index is 0.0391. The average Bonchev–Trinajstić information content (AvgIpc) is 2.73. The number of benzene rings is 2. The van der Waals surface area contributed by atoms with Gasteiger partial charge in [-0.15, -0.1) is 0 Å². The third-order valence-corrected chi connectivity index (χ3v) is 6.43. The van der Waals surface area contributed by atoms with Gasteiger partial charge in [0.05, 0.1) is 24.2 Å². The topological polar surface area (TPSA) is 116 Å². The molecule has 0 saturated heterocycles. The van der Waals surface area contributed by atoms with Crippen LogP contribution in [0.2, 0.25) is 0 Å². The van der Waals surface area contributed by atoms with Gasteiger partial charge < -0.3 is 9.84 Å². The highest BCUT2D eigenvalue weighted by Crippen LogP contribution is 2.22. The Kier molecular flexibility index (Phi) is 8.68. The Morgan fingerprint density at radius 2 is 1.73 bits per heavy atom. The van der Waals surface area contributed by atoms with Crippen molar-refractivity contribution in [1.29, 1.82) is 0 Å². The monoisotopic (exact) mass is 432 g/mol. The van der Waals surface area contributed by atoms with Gasteiger partial charge in [-0.25, -0.2) is 8.42 Å². The lowest BCUT2D eigenvalue weighted by Crippen LogP contribution is -2.43. The predicted octanol–water partition coefficient (Wildman–Crippen LogP) is 3.62. The second-order valence-corrected chi connectivity index (χ2v) is 9.36. The number of aliphatic hydroxyl groups excluding tert-OH is 1. The third kappa shape index (κ3) is 6.47. The van der Waals surface area contributed by atoms with Crippen LogP contribution < -0.4 is 4.74 Å². The van der Waals surface area contributed by atoms with Gasteiger partial charge in [-0.3, -0.25) is 0 Å². The molecule has 2 atom stereocenters. The second-order valence-electron chi connectivity index (χ2n) is 7.42. The van der Waals surface area contributed by atoms with Gasteiger partial charge in [0.15, 0.2) is 0 Å². The summed E-state index contributed by atoms with van der Waals surface area (Å²) in [6.07, 6.45) is -0.850. The Morgan fingerprint density at radius 1 is 1.10 bits per heavy atom. The molecule has 0 amide bonds. The van der Waals surface area contributed by atoms with E-state index in [-0.39, 0.29) is 23.9 Å². The van der Waals surface area contributed by atoms with Gasteiger partial charge in [0.2, 0.25) is 10.0 Å². The number of methoxy groups -OCH3 is 1. The molecule has 0 saturated carbocycles. The lowest BCUT2D eigenvalue weighted by Gasteiger charge is -2.28. The standard InChI is InChI=1S/C21H28N4O4S/c1-16(2)14-25(30(27,28)19-11-9-18(29-3)10-12-19)15-21(26)20(23-24-22)13-17-7-5-4-6-8-17/h4-12,16,20-21,26H,13-15H2,1-3H3/t20-,21+/m0/s1. The maximum Gasteiger partial charge on any atom is 0.243 e. The minimum atomic E-state index is -3.85. The van der Waals surface area contributed by atoms with Crippen molar-refractivity contribution in [2.75, 3.05) is 20.2 Å². The summed E-state index contributed by atoms with van der Waals surface area (Å²) in [5.41, 5.74) is 9.82. The van der Waals surface area contributed by atoms with Crippen LogP contribution in [0.1, 0.15) is 19.4 Å². The van der Waals surface area contributed by atoms with Gasteiger partial charge in [0.25, 0.3) is 0 Å². The van der Waals surface area contributed by atoms with E-state index in [1.54, 1.807) is 12.1 Å². The van der Waals surface area contributed by atoms with E-state index in [4.69, 9.17) is 10.3 Å². The number of hydrogen-bond donors (Lipinski definition) is 1. The van der Waals surface area contributed by atoms with Crippen molar-refractivity contribution < 1.29 is 18.3 Å². The number of azide groups is 1. The normalized spacial score (nSPS) is 13.7. The molecule has 0 aliphatic carbocycles. The number of sulfonamides is 1. The highest BCUT2D eigenvalue weighted by Gasteiger charge is 2.30. The zero-order valence-electron chi connectivity index (χ0n) is 17.4. The molecule has 0 spiro atoms. The number of nitrogens with zero attached hydrogens (tertiary/aromatic N) is 4. The molecule has 162 valence electrons. The van der Waals surface area contributed by atoms with Crippen LogP contribution in [0.4, 0.5) is 0 Å². The van der Waals surface area contributed by atoms with E-state index in [1.807, 2.05) is 44.2 Å².